The highest BCUT2D eigenvalue weighted by Gasteiger charge is 2.69. The summed E-state index contributed by atoms with van der Waals surface area (Å²) in [4.78, 5) is 23.7. The Hall–Kier alpha value is -1.36. The summed E-state index contributed by atoms with van der Waals surface area (Å²) in [7, 11) is 0. The average Bonchev–Trinajstić information content (AvgIpc) is 2.92. The van der Waals surface area contributed by atoms with Crippen molar-refractivity contribution in [2.45, 2.75) is 11.8 Å². The predicted molar refractivity (Wildman–Crippen MR) is 71.4 cm³/mol. The molecule has 1 amide bonds. The molecule has 1 aromatic heterocycles. The van der Waals surface area contributed by atoms with Gasteiger partial charge >= 0.3 is 11.9 Å². The van der Waals surface area contributed by atoms with E-state index < -0.39 is 27.0 Å². The van der Waals surface area contributed by atoms with Crippen LogP contribution in [0.5, 0.6) is 0 Å². The van der Waals surface area contributed by atoms with Gasteiger partial charge in [-0.3, -0.25) is 0 Å². The van der Waals surface area contributed by atoms with E-state index in [1.807, 2.05) is 0 Å². The number of fused-ring (bicyclic) bond motifs is 1. The maximum Gasteiger partial charge on any atom is 0.393 e. The first-order valence-electron chi connectivity index (χ1n) is 5.75. The number of quaternary nitrogens is 1. The molecule has 1 N–H and O–H groups in total. The van der Waals surface area contributed by atoms with Crippen LogP contribution in [0.25, 0.3) is 5.70 Å². The Morgan fingerprint density at radius 3 is 2.95 bits per heavy atom. The number of thiol groups is 1. The van der Waals surface area contributed by atoms with Gasteiger partial charge < -0.3 is 9.66 Å². The van der Waals surface area contributed by atoms with Gasteiger partial charge in [-0.05, 0) is 0 Å². The Bertz CT molecular complexity index is 617. The highest BCUT2D eigenvalue weighted by atomic mass is 32.2. The first kappa shape index (κ1) is 13.6. The highest BCUT2D eigenvalue weighted by molar-refractivity contribution is 7.92. The molecule has 0 radical (unpaired) electrons. The number of nitrogens with zero attached hydrogens (tertiary/aromatic N) is 4. The largest absolute Gasteiger partial charge is 0.611 e. The van der Waals surface area contributed by atoms with Crippen molar-refractivity contribution >= 4 is 41.4 Å². The van der Waals surface area contributed by atoms with Crippen LogP contribution < -0.4 is 0 Å². The van der Waals surface area contributed by atoms with Gasteiger partial charge in [0.1, 0.15) is 5.88 Å². The van der Waals surface area contributed by atoms with Crippen LogP contribution in [0, 0.1) is 0 Å². The number of rotatable bonds is 3. The quantitative estimate of drug-likeness (QED) is 0.329. The first-order chi connectivity index (χ1) is 9.52. The van der Waals surface area contributed by atoms with Crippen molar-refractivity contribution in [3.8, 4) is 0 Å². The Morgan fingerprint density at radius 2 is 2.45 bits per heavy atom. The van der Waals surface area contributed by atoms with E-state index >= 15 is 0 Å². The van der Waals surface area contributed by atoms with Gasteiger partial charge in [-0.15, -0.1) is 17.7 Å². The molecule has 0 aromatic carbocycles. The number of carboxylic acid groups (broad SMARTS) is 1. The molecule has 10 heteroatoms. The van der Waals surface area contributed by atoms with Crippen LogP contribution in [0.1, 0.15) is 6.42 Å². The lowest BCUT2D eigenvalue weighted by atomic mass is 10.1. The number of carbonyl (C=O) groups excluding carboxylic acids is 1. The Balaban J connectivity index is 2.24. The Labute approximate surface area is 122 Å². The molecule has 2 aliphatic rings. The number of aliphatic carboxylic acids is 1. The third-order valence-corrected chi connectivity index (χ3v) is 5.80. The molecule has 3 rings (SSSR count). The molecule has 1 saturated heterocycles. The zero-order chi connectivity index (χ0) is 14.5. The zero-order valence-electron chi connectivity index (χ0n) is 10.2. The number of hydrogen-bond donors (Lipinski definition) is 2. The van der Waals surface area contributed by atoms with E-state index in [0.29, 0.717) is 0 Å². The number of carbonyl (C=O) groups is 2. The summed E-state index contributed by atoms with van der Waals surface area (Å²) in [6, 6.07) is 0. The molecular formula is C10H11N4O4S2+. The fraction of sp³-hybridized carbons (Fsp3) is 0.400. The van der Waals surface area contributed by atoms with Gasteiger partial charge in [0, 0.05) is 11.2 Å². The van der Waals surface area contributed by atoms with E-state index in [1.54, 1.807) is 0 Å². The van der Waals surface area contributed by atoms with Crippen molar-refractivity contribution in [3.05, 3.63) is 18.1 Å². The topological polar surface area (TPSA) is 108 Å². The SMILES string of the molecule is O=C(O)C1=C(n2ccnn2)C[S+]([O-])[C@H]2CC(=O)[N+]12CS. The number of hydrogen-bond acceptors (Lipinski definition) is 6. The first-order valence-corrected chi connectivity index (χ1v) is 7.76. The van der Waals surface area contributed by atoms with Crippen molar-refractivity contribution < 1.29 is 23.7 Å². The summed E-state index contributed by atoms with van der Waals surface area (Å²) in [5.74, 6) is -1.50. The molecule has 0 aliphatic carbocycles. The van der Waals surface area contributed by atoms with E-state index in [0.717, 1.165) is 0 Å². The van der Waals surface area contributed by atoms with Gasteiger partial charge in [-0.1, -0.05) is 5.21 Å². The molecule has 2 aliphatic heterocycles. The number of aromatic nitrogens is 3. The number of β-lactam (4-membered cyclic amide) rings is 1. The van der Waals surface area contributed by atoms with Crippen LogP contribution >= 0.6 is 12.6 Å². The third kappa shape index (κ3) is 1.59. The van der Waals surface area contributed by atoms with Crippen molar-refractivity contribution in [1.82, 2.24) is 15.0 Å². The molecule has 0 spiro atoms. The average molecular weight is 315 g/mol. The lowest BCUT2D eigenvalue weighted by molar-refractivity contribution is -0.839. The van der Waals surface area contributed by atoms with Crippen LogP contribution in [-0.2, 0) is 20.8 Å². The Kier molecular flexibility index (Phi) is 3.12. The third-order valence-electron chi connectivity index (χ3n) is 3.67. The van der Waals surface area contributed by atoms with Gasteiger partial charge in [-0.2, -0.15) is 4.48 Å². The monoisotopic (exact) mass is 315 g/mol. The molecule has 0 saturated carbocycles. The van der Waals surface area contributed by atoms with Crippen molar-refractivity contribution in [3.63, 3.8) is 0 Å². The van der Waals surface area contributed by atoms with Gasteiger partial charge in [0.15, 0.2) is 17.9 Å². The lowest BCUT2D eigenvalue weighted by Crippen LogP contribution is -2.73. The normalized spacial score (nSPS) is 32.8. The molecule has 3 atom stereocenters. The van der Waals surface area contributed by atoms with E-state index in [2.05, 4.69) is 22.9 Å². The fourth-order valence-corrected chi connectivity index (χ4v) is 5.03. The van der Waals surface area contributed by atoms with Gasteiger partial charge in [0.2, 0.25) is 0 Å². The predicted octanol–water partition coefficient (Wildman–Crippen LogP) is -0.746. The lowest BCUT2D eigenvalue weighted by Gasteiger charge is -2.49. The van der Waals surface area contributed by atoms with Gasteiger partial charge in [0.05, 0.1) is 12.4 Å². The second-order valence-corrected chi connectivity index (χ2v) is 6.41. The molecule has 3 heterocycles. The Morgan fingerprint density at radius 1 is 1.70 bits per heavy atom. The van der Waals surface area contributed by atoms with E-state index in [1.165, 1.54) is 17.1 Å². The summed E-state index contributed by atoms with van der Waals surface area (Å²) in [5.41, 5.74) is 0.123. The molecule has 2 unspecified atom stereocenters. The van der Waals surface area contributed by atoms with Crippen LogP contribution in [0.2, 0.25) is 0 Å². The van der Waals surface area contributed by atoms with Crippen LogP contribution in [0.3, 0.4) is 0 Å². The summed E-state index contributed by atoms with van der Waals surface area (Å²) < 4.78 is 13.0. The standard InChI is InChI=1S/C10H10N4O4S2/c15-7-3-8-14(7,5-19)9(10(16)17)6(4-20(8)18)13-2-1-11-12-13/h1-2,8H,3-5H2,(H-,16,17,19)/p+1/t8-,14?,20?/m0/s1. The smallest absolute Gasteiger partial charge is 0.393 e. The minimum absolute atomic E-state index is 0.0327. The molecule has 1 fully saturated rings. The molecule has 8 nitrogen and oxygen atoms in total. The minimum Gasteiger partial charge on any atom is -0.611 e. The van der Waals surface area contributed by atoms with E-state index in [9.17, 15) is 19.2 Å². The van der Waals surface area contributed by atoms with Gasteiger partial charge in [0.25, 0.3) is 11.1 Å². The van der Waals surface area contributed by atoms with Crippen LogP contribution in [-0.4, -0.2) is 58.0 Å². The maximum absolute atomic E-state index is 12.3. The van der Waals surface area contributed by atoms with Crippen molar-refractivity contribution in [2.75, 3.05) is 11.6 Å². The number of carboxylic acids is 1. The van der Waals surface area contributed by atoms with Crippen LogP contribution in [0.4, 0.5) is 0 Å². The van der Waals surface area contributed by atoms with E-state index in [-0.39, 0.29) is 35.4 Å². The summed E-state index contributed by atoms with van der Waals surface area (Å²) in [6.45, 7) is 0. The molecular weight excluding hydrogens is 304 g/mol. The maximum atomic E-state index is 12.3. The second-order valence-electron chi connectivity index (χ2n) is 4.54. The summed E-state index contributed by atoms with van der Waals surface area (Å²) in [5, 5.41) is 16.3. The summed E-state index contributed by atoms with van der Waals surface area (Å²) >= 11 is 2.78. The van der Waals surface area contributed by atoms with Crippen molar-refractivity contribution in [2.24, 2.45) is 0 Å². The van der Waals surface area contributed by atoms with Gasteiger partial charge in [-0.25, -0.2) is 14.3 Å². The highest BCUT2D eigenvalue weighted by Crippen LogP contribution is 2.45. The van der Waals surface area contributed by atoms with Crippen LogP contribution in [0.15, 0.2) is 18.1 Å². The minimum atomic E-state index is -1.35. The molecule has 106 valence electrons. The summed E-state index contributed by atoms with van der Waals surface area (Å²) in [6.07, 6.45) is 2.98. The van der Waals surface area contributed by atoms with E-state index in [4.69, 9.17) is 0 Å². The number of amides is 1. The molecule has 1 aromatic rings. The zero-order valence-corrected chi connectivity index (χ0v) is 11.9. The van der Waals surface area contributed by atoms with Crippen molar-refractivity contribution in [1.29, 1.82) is 0 Å². The molecule has 0 bridgehead atoms. The fourth-order valence-electron chi connectivity index (χ4n) is 2.67. The second kappa shape index (κ2) is 4.58. The molecule has 20 heavy (non-hydrogen) atoms.